The van der Waals surface area contributed by atoms with Crippen LogP contribution in [0.1, 0.15) is 26.2 Å². The number of hydrogen-bond donors (Lipinski definition) is 8. The quantitative estimate of drug-likeness (QED) is 0.143. The second-order valence-corrected chi connectivity index (χ2v) is 5.95. The van der Waals surface area contributed by atoms with Gasteiger partial charge in [0.2, 0.25) is 17.7 Å². The van der Waals surface area contributed by atoms with E-state index >= 15 is 0 Å². The van der Waals surface area contributed by atoms with Gasteiger partial charge in [0.1, 0.15) is 24.2 Å². The van der Waals surface area contributed by atoms with Crippen molar-refractivity contribution in [3.05, 3.63) is 0 Å². The van der Waals surface area contributed by atoms with E-state index in [4.69, 9.17) is 21.7 Å². The molecular weight excluding hydrogens is 362 g/mol. The molecule has 4 atom stereocenters. The second-order valence-electron chi connectivity index (χ2n) is 5.95. The Balaban J connectivity index is 4.70. The summed E-state index contributed by atoms with van der Waals surface area (Å²) in [5, 5.41) is 33.9. The summed E-state index contributed by atoms with van der Waals surface area (Å²) in [7, 11) is 0. The molecule has 0 radical (unpaired) electrons. The van der Waals surface area contributed by atoms with Crippen LogP contribution in [0.3, 0.4) is 0 Å². The second kappa shape index (κ2) is 13.0. The number of unbranched alkanes of at least 4 members (excludes halogenated alkanes) is 1. The number of carbonyl (C=O) groups excluding carboxylic acids is 3. The number of carboxylic acids is 1. The maximum absolute atomic E-state index is 12.1. The fourth-order valence-corrected chi connectivity index (χ4v) is 1.98. The van der Waals surface area contributed by atoms with Gasteiger partial charge >= 0.3 is 5.97 Å². The van der Waals surface area contributed by atoms with Gasteiger partial charge in [-0.3, -0.25) is 14.4 Å². The van der Waals surface area contributed by atoms with E-state index in [2.05, 4.69) is 16.0 Å². The van der Waals surface area contributed by atoms with Crippen LogP contribution < -0.4 is 27.4 Å². The number of hydrogen-bond acceptors (Lipinski definition) is 8. The largest absolute Gasteiger partial charge is 0.480 e. The Hall–Kier alpha value is -2.28. The molecule has 0 aliphatic rings. The lowest BCUT2D eigenvalue weighted by Crippen LogP contribution is -2.57. The molecule has 156 valence electrons. The van der Waals surface area contributed by atoms with Crippen LogP contribution in [0, 0.1) is 0 Å². The first kappa shape index (κ1) is 24.7. The Labute approximate surface area is 156 Å². The molecule has 0 spiro atoms. The lowest BCUT2D eigenvalue weighted by molar-refractivity contribution is -0.142. The van der Waals surface area contributed by atoms with E-state index in [1.54, 1.807) is 0 Å². The van der Waals surface area contributed by atoms with E-state index < -0.39 is 61.1 Å². The summed E-state index contributed by atoms with van der Waals surface area (Å²) < 4.78 is 0. The van der Waals surface area contributed by atoms with E-state index in [0.717, 1.165) is 0 Å². The van der Waals surface area contributed by atoms with Crippen LogP contribution in [0.4, 0.5) is 0 Å². The van der Waals surface area contributed by atoms with Gasteiger partial charge in [-0.2, -0.15) is 0 Å². The molecule has 0 bridgehead atoms. The molecule has 3 amide bonds. The monoisotopic (exact) mass is 391 g/mol. The zero-order chi connectivity index (χ0) is 21.0. The fraction of sp³-hybridized carbons (Fsp3) is 0.733. The van der Waals surface area contributed by atoms with Gasteiger partial charge in [0.25, 0.3) is 0 Å². The summed E-state index contributed by atoms with van der Waals surface area (Å²) in [5.41, 5.74) is 10.6. The predicted molar refractivity (Wildman–Crippen MR) is 94.2 cm³/mol. The highest BCUT2D eigenvalue weighted by Crippen LogP contribution is 2.01. The SMILES string of the molecule is C[C@H](NC(=O)[C@H](CO)NC(=O)[C@@H](N)CO)C(=O)N[C@@H](CCCCN)C(=O)O. The van der Waals surface area contributed by atoms with Crippen molar-refractivity contribution < 1.29 is 34.5 Å². The number of aliphatic hydroxyl groups excluding tert-OH is 2. The summed E-state index contributed by atoms with van der Waals surface area (Å²) in [5.74, 6) is -3.67. The number of nitrogens with one attached hydrogen (secondary N) is 3. The van der Waals surface area contributed by atoms with Crippen LogP contribution in [0.2, 0.25) is 0 Å². The molecule has 0 heterocycles. The molecule has 0 saturated carbocycles. The Morgan fingerprint density at radius 3 is 1.96 bits per heavy atom. The first-order chi connectivity index (χ1) is 12.7. The van der Waals surface area contributed by atoms with E-state index in [1.165, 1.54) is 6.92 Å². The molecule has 12 nitrogen and oxygen atoms in total. The zero-order valence-corrected chi connectivity index (χ0v) is 15.2. The predicted octanol–water partition coefficient (Wildman–Crippen LogP) is -4.01. The smallest absolute Gasteiger partial charge is 0.326 e. The molecule has 27 heavy (non-hydrogen) atoms. The Kier molecular flexibility index (Phi) is 11.9. The molecule has 0 aromatic carbocycles. The molecule has 10 N–H and O–H groups in total. The van der Waals surface area contributed by atoms with Gasteiger partial charge in [-0.25, -0.2) is 4.79 Å². The molecule has 0 aliphatic heterocycles. The minimum atomic E-state index is -1.38. The number of carboxylic acid groups (broad SMARTS) is 1. The fourth-order valence-electron chi connectivity index (χ4n) is 1.98. The van der Waals surface area contributed by atoms with Gasteiger partial charge in [0.15, 0.2) is 0 Å². The van der Waals surface area contributed by atoms with E-state index in [0.29, 0.717) is 19.4 Å². The third-order valence-corrected chi connectivity index (χ3v) is 3.66. The maximum Gasteiger partial charge on any atom is 0.326 e. The highest BCUT2D eigenvalue weighted by atomic mass is 16.4. The number of rotatable bonds is 13. The molecule has 0 saturated heterocycles. The van der Waals surface area contributed by atoms with Gasteiger partial charge in [0.05, 0.1) is 13.2 Å². The van der Waals surface area contributed by atoms with E-state index in [9.17, 15) is 24.3 Å². The van der Waals surface area contributed by atoms with Crippen molar-refractivity contribution in [2.45, 2.75) is 50.4 Å². The normalized spacial score (nSPS) is 15.1. The Bertz CT molecular complexity index is 517. The standard InChI is InChI=1S/C15H29N5O7/c1-8(12(23)19-10(15(26)27)4-2-3-5-16)18-14(25)11(7-22)20-13(24)9(17)6-21/h8-11,21-22H,2-7,16-17H2,1H3,(H,18,25)(H,19,23)(H,20,24)(H,26,27)/t8-,9-,10-,11-/m0/s1. The van der Waals surface area contributed by atoms with Gasteiger partial charge < -0.3 is 42.7 Å². The van der Waals surface area contributed by atoms with Crippen molar-refractivity contribution in [1.29, 1.82) is 0 Å². The van der Waals surface area contributed by atoms with Crippen molar-refractivity contribution in [3.8, 4) is 0 Å². The summed E-state index contributed by atoms with van der Waals surface area (Å²) >= 11 is 0. The number of aliphatic hydroxyl groups is 2. The van der Waals surface area contributed by atoms with Crippen LogP contribution >= 0.6 is 0 Å². The minimum absolute atomic E-state index is 0.188. The lowest BCUT2D eigenvalue weighted by Gasteiger charge is -2.22. The van der Waals surface area contributed by atoms with Gasteiger partial charge in [-0.15, -0.1) is 0 Å². The molecule has 0 aromatic rings. The van der Waals surface area contributed by atoms with Crippen LogP contribution in [-0.4, -0.2) is 82.9 Å². The van der Waals surface area contributed by atoms with Gasteiger partial charge in [-0.05, 0) is 32.7 Å². The van der Waals surface area contributed by atoms with E-state index in [-0.39, 0.29) is 6.42 Å². The topological polar surface area (TPSA) is 217 Å². The number of aliphatic carboxylic acids is 1. The van der Waals surface area contributed by atoms with Crippen LogP contribution in [0.15, 0.2) is 0 Å². The zero-order valence-electron chi connectivity index (χ0n) is 15.2. The molecule has 0 unspecified atom stereocenters. The number of nitrogens with two attached hydrogens (primary N) is 2. The van der Waals surface area contributed by atoms with Crippen molar-refractivity contribution >= 4 is 23.7 Å². The van der Waals surface area contributed by atoms with Crippen molar-refractivity contribution in [2.75, 3.05) is 19.8 Å². The molecule has 0 fully saturated rings. The van der Waals surface area contributed by atoms with Gasteiger partial charge in [-0.1, -0.05) is 0 Å². The first-order valence-corrected chi connectivity index (χ1v) is 8.49. The molecule has 0 aromatic heterocycles. The molecular formula is C15H29N5O7. The Morgan fingerprint density at radius 2 is 1.48 bits per heavy atom. The molecule has 0 aliphatic carbocycles. The number of amides is 3. The minimum Gasteiger partial charge on any atom is -0.480 e. The van der Waals surface area contributed by atoms with Crippen molar-refractivity contribution in [2.24, 2.45) is 11.5 Å². The van der Waals surface area contributed by atoms with Crippen LogP contribution in [0.5, 0.6) is 0 Å². The highest BCUT2D eigenvalue weighted by Gasteiger charge is 2.27. The molecule has 12 heteroatoms. The van der Waals surface area contributed by atoms with Crippen molar-refractivity contribution in [3.63, 3.8) is 0 Å². The first-order valence-electron chi connectivity index (χ1n) is 8.49. The van der Waals surface area contributed by atoms with Gasteiger partial charge in [0, 0.05) is 0 Å². The van der Waals surface area contributed by atoms with Crippen LogP contribution in [0.25, 0.3) is 0 Å². The third-order valence-electron chi connectivity index (χ3n) is 3.66. The third kappa shape index (κ3) is 9.28. The lowest BCUT2D eigenvalue weighted by atomic mass is 10.1. The summed E-state index contributed by atoms with van der Waals surface area (Å²) in [4.78, 5) is 46.9. The number of carbonyl (C=O) groups is 4. The average Bonchev–Trinajstić information content (AvgIpc) is 2.63. The Morgan fingerprint density at radius 1 is 0.889 bits per heavy atom. The average molecular weight is 391 g/mol. The highest BCUT2D eigenvalue weighted by molar-refractivity contribution is 5.93. The maximum atomic E-state index is 12.1. The summed E-state index contributed by atoms with van der Waals surface area (Å²) in [6.07, 6.45) is 1.31. The van der Waals surface area contributed by atoms with Crippen LogP contribution in [-0.2, 0) is 19.2 Å². The van der Waals surface area contributed by atoms with Crippen molar-refractivity contribution in [1.82, 2.24) is 16.0 Å². The summed E-state index contributed by atoms with van der Waals surface area (Å²) in [6.45, 7) is 0.314. The molecule has 0 rings (SSSR count). The van der Waals surface area contributed by atoms with E-state index in [1.807, 2.05) is 0 Å². The summed E-state index contributed by atoms with van der Waals surface area (Å²) in [6, 6.07) is -4.90.